The smallest absolute Gasteiger partial charge is 0.293 e. The summed E-state index contributed by atoms with van der Waals surface area (Å²) in [5, 5.41) is 19.4. The van der Waals surface area contributed by atoms with Gasteiger partial charge in [-0.2, -0.15) is 0 Å². The Morgan fingerprint density at radius 3 is 2.42 bits per heavy atom. The maximum Gasteiger partial charge on any atom is 0.293 e. The van der Waals surface area contributed by atoms with Crippen molar-refractivity contribution in [3.05, 3.63) is 64.2 Å². The Morgan fingerprint density at radius 2 is 1.81 bits per heavy atom. The van der Waals surface area contributed by atoms with Crippen molar-refractivity contribution in [2.45, 2.75) is 19.9 Å². The number of hydrogen-bond acceptors (Lipinski definition) is 5. The SMILES string of the molecule is CC(C)NC(=O)CNC(=O)c1ccc(Nc2ccccc2)c([N+](=O)[O-])c1. The maximum absolute atomic E-state index is 12.1. The normalized spacial score (nSPS) is 10.3. The lowest BCUT2D eigenvalue weighted by molar-refractivity contribution is -0.383. The van der Waals surface area contributed by atoms with Crippen LogP contribution in [0.3, 0.4) is 0 Å². The van der Waals surface area contributed by atoms with E-state index < -0.39 is 10.8 Å². The zero-order chi connectivity index (χ0) is 19.1. The molecule has 0 saturated carbocycles. The predicted octanol–water partition coefficient (Wildman–Crippen LogP) is 2.59. The Morgan fingerprint density at radius 1 is 1.12 bits per heavy atom. The molecule has 2 amide bonds. The number of nitro benzene ring substituents is 1. The van der Waals surface area contributed by atoms with Crippen molar-refractivity contribution in [3.63, 3.8) is 0 Å². The van der Waals surface area contributed by atoms with Crippen molar-refractivity contribution in [3.8, 4) is 0 Å². The molecule has 0 radical (unpaired) electrons. The average molecular weight is 356 g/mol. The van der Waals surface area contributed by atoms with Gasteiger partial charge in [0.1, 0.15) is 5.69 Å². The molecule has 0 unspecified atom stereocenters. The Balaban J connectivity index is 2.13. The van der Waals surface area contributed by atoms with Crippen LogP contribution in [0.25, 0.3) is 0 Å². The van der Waals surface area contributed by atoms with E-state index in [2.05, 4.69) is 16.0 Å². The van der Waals surface area contributed by atoms with Crippen LogP contribution in [0.5, 0.6) is 0 Å². The number of nitro groups is 1. The number of para-hydroxylation sites is 1. The Hall–Kier alpha value is -3.42. The number of benzene rings is 2. The molecule has 0 aliphatic carbocycles. The van der Waals surface area contributed by atoms with E-state index in [9.17, 15) is 19.7 Å². The minimum absolute atomic E-state index is 0.0381. The highest BCUT2D eigenvalue weighted by Gasteiger charge is 2.18. The highest BCUT2D eigenvalue weighted by atomic mass is 16.6. The molecule has 0 aromatic heterocycles. The second-order valence-corrected chi connectivity index (χ2v) is 5.88. The van der Waals surface area contributed by atoms with Gasteiger partial charge in [-0.05, 0) is 38.1 Å². The van der Waals surface area contributed by atoms with Crippen molar-refractivity contribution >= 4 is 28.9 Å². The first kappa shape index (κ1) is 18.9. The van der Waals surface area contributed by atoms with Gasteiger partial charge in [0.15, 0.2) is 0 Å². The minimum Gasteiger partial charge on any atom is -0.352 e. The summed E-state index contributed by atoms with van der Waals surface area (Å²) in [4.78, 5) is 34.5. The van der Waals surface area contributed by atoms with Crippen LogP contribution in [0.2, 0.25) is 0 Å². The first-order valence-corrected chi connectivity index (χ1v) is 8.05. The Bertz CT molecular complexity index is 806. The van der Waals surface area contributed by atoms with Crippen LogP contribution in [-0.4, -0.2) is 29.3 Å². The molecule has 8 heteroatoms. The van der Waals surface area contributed by atoms with E-state index in [1.54, 1.807) is 24.3 Å². The van der Waals surface area contributed by atoms with Crippen molar-refractivity contribution in [1.82, 2.24) is 10.6 Å². The zero-order valence-corrected chi connectivity index (χ0v) is 14.5. The molecule has 0 heterocycles. The number of amides is 2. The van der Waals surface area contributed by atoms with Gasteiger partial charge in [0.05, 0.1) is 11.5 Å². The highest BCUT2D eigenvalue weighted by molar-refractivity contribution is 5.97. The van der Waals surface area contributed by atoms with Gasteiger partial charge in [0.2, 0.25) is 5.91 Å². The molecule has 0 atom stereocenters. The van der Waals surface area contributed by atoms with E-state index in [0.29, 0.717) is 5.69 Å². The third-order valence-electron chi connectivity index (χ3n) is 3.37. The molecule has 0 aliphatic heterocycles. The fourth-order valence-electron chi connectivity index (χ4n) is 2.24. The molecule has 2 aromatic rings. The monoisotopic (exact) mass is 356 g/mol. The second kappa shape index (κ2) is 8.61. The van der Waals surface area contributed by atoms with Crippen molar-refractivity contribution in [2.75, 3.05) is 11.9 Å². The van der Waals surface area contributed by atoms with Gasteiger partial charge in [0.25, 0.3) is 11.6 Å². The molecular weight excluding hydrogens is 336 g/mol. The molecule has 3 N–H and O–H groups in total. The molecule has 0 aliphatic rings. The Kier molecular flexibility index (Phi) is 6.26. The van der Waals surface area contributed by atoms with E-state index in [1.807, 2.05) is 19.9 Å². The van der Waals surface area contributed by atoms with Gasteiger partial charge in [-0.15, -0.1) is 0 Å². The molecule has 0 spiro atoms. The maximum atomic E-state index is 12.1. The summed E-state index contributed by atoms with van der Waals surface area (Å²) in [5.74, 6) is -0.886. The topological polar surface area (TPSA) is 113 Å². The minimum atomic E-state index is -0.562. The summed E-state index contributed by atoms with van der Waals surface area (Å²) < 4.78 is 0. The summed E-state index contributed by atoms with van der Waals surface area (Å²) in [7, 11) is 0. The van der Waals surface area contributed by atoms with Gasteiger partial charge in [-0.3, -0.25) is 19.7 Å². The number of carbonyl (C=O) groups excluding carboxylic acids is 2. The van der Waals surface area contributed by atoms with Crippen molar-refractivity contribution in [1.29, 1.82) is 0 Å². The zero-order valence-electron chi connectivity index (χ0n) is 14.5. The average Bonchev–Trinajstić information content (AvgIpc) is 2.60. The van der Waals surface area contributed by atoms with Gasteiger partial charge in [-0.1, -0.05) is 18.2 Å². The molecular formula is C18H20N4O4. The van der Waals surface area contributed by atoms with Gasteiger partial charge in [-0.25, -0.2) is 0 Å². The summed E-state index contributed by atoms with van der Waals surface area (Å²) >= 11 is 0. The van der Waals surface area contributed by atoms with Gasteiger partial charge >= 0.3 is 0 Å². The van der Waals surface area contributed by atoms with Crippen LogP contribution in [0, 0.1) is 10.1 Å². The molecule has 8 nitrogen and oxygen atoms in total. The lowest BCUT2D eigenvalue weighted by Gasteiger charge is -2.10. The van der Waals surface area contributed by atoms with E-state index in [4.69, 9.17) is 0 Å². The molecule has 0 fully saturated rings. The van der Waals surface area contributed by atoms with Crippen LogP contribution in [-0.2, 0) is 4.79 Å². The number of hydrogen-bond donors (Lipinski definition) is 3. The second-order valence-electron chi connectivity index (χ2n) is 5.88. The predicted molar refractivity (Wildman–Crippen MR) is 98.4 cm³/mol. The quantitative estimate of drug-likeness (QED) is 0.521. The summed E-state index contributed by atoms with van der Waals surface area (Å²) in [6.07, 6.45) is 0. The fraction of sp³-hybridized carbons (Fsp3) is 0.222. The van der Waals surface area contributed by atoms with Crippen LogP contribution in [0.1, 0.15) is 24.2 Å². The molecule has 136 valence electrons. The molecule has 0 saturated heterocycles. The lowest BCUT2D eigenvalue weighted by atomic mass is 10.1. The Labute approximate surface area is 150 Å². The van der Waals surface area contributed by atoms with Gasteiger partial charge < -0.3 is 16.0 Å². The highest BCUT2D eigenvalue weighted by Crippen LogP contribution is 2.28. The first-order chi connectivity index (χ1) is 12.4. The van der Waals surface area contributed by atoms with E-state index in [-0.39, 0.29) is 35.4 Å². The number of carbonyl (C=O) groups is 2. The van der Waals surface area contributed by atoms with Crippen molar-refractivity contribution in [2.24, 2.45) is 0 Å². The molecule has 0 bridgehead atoms. The van der Waals surface area contributed by atoms with E-state index >= 15 is 0 Å². The van der Waals surface area contributed by atoms with Crippen LogP contribution in [0.4, 0.5) is 17.1 Å². The third kappa shape index (κ3) is 5.30. The fourth-order valence-corrected chi connectivity index (χ4v) is 2.24. The lowest BCUT2D eigenvalue weighted by Crippen LogP contribution is -2.39. The summed E-state index contributed by atoms with van der Waals surface area (Å²) in [5.41, 5.74) is 0.842. The molecule has 2 rings (SSSR count). The third-order valence-corrected chi connectivity index (χ3v) is 3.37. The molecule has 2 aromatic carbocycles. The standard InChI is InChI=1S/C18H20N4O4/c1-12(2)20-17(23)11-19-18(24)13-8-9-15(16(10-13)22(25)26)21-14-6-4-3-5-7-14/h3-10,12,21H,11H2,1-2H3,(H,19,24)(H,20,23). The van der Waals surface area contributed by atoms with E-state index in [1.165, 1.54) is 18.2 Å². The number of rotatable bonds is 7. The van der Waals surface area contributed by atoms with Crippen molar-refractivity contribution < 1.29 is 14.5 Å². The number of anilines is 2. The summed E-state index contributed by atoms with van der Waals surface area (Å²) in [6.45, 7) is 3.41. The van der Waals surface area contributed by atoms with Gasteiger partial charge in [0, 0.05) is 23.4 Å². The van der Waals surface area contributed by atoms with Crippen LogP contribution < -0.4 is 16.0 Å². The molecule has 26 heavy (non-hydrogen) atoms. The number of nitrogens with one attached hydrogen (secondary N) is 3. The van der Waals surface area contributed by atoms with E-state index in [0.717, 1.165) is 0 Å². The largest absolute Gasteiger partial charge is 0.352 e. The first-order valence-electron chi connectivity index (χ1n) is 8.05. The number of nitrogens with zero attached hydrogens (tertiary/aromatic N) is 1. The van der Waals surface area contributed by atoms with Crippen LogP contribution >= 0.6 is 0 Å². The van der Waals surface area contributed by atoms with Crippen LogP contribution in [0.15, 0.2) is 48.5 Å². The summed E-state index contributed by atoms with van der Waals surface area (Å²) in [6, 6.07) is 13.1.